The number of benzene rings is 2. The van der Waals surface area contributed by atoms with Crippen molar-refractivity contribution < 1.29 is 13.2 Å². The summed E-state index contributed by atoms with van der Waals surface area (Å²) in [5.74, 6) is -0.289. The first-order valence-corrected chi connectivity index (χ1v) is 8.23. The van der Waals surface area contributed by atoms with Gasteiger partial charge in [0.15, 0.2) is 15.6 Å². The van der Waals surface area contributed by atoms with Crippen LogP contribution in [0.15, 0.2) is 47.4 Å². The fraction of sp³-hybridized carbons (Fsp3) is 0.0714. The van der Waals surface area contributed by atoms with E-state index in [2.05, 4.69) is 0 Å². The maximum Gasteiger partial charge on any atom is 0.193 e. The maximum atomic E-state index is 12.3. The van der Waals surface area contributed by atoms with Gasteiger partial charge < -0.3 is 0 Å². The summed E-state index contributed by atoms with van der Waals surface area (Å²) in [6, 6.07) is 10.5. The maximum absolute atomic E-state index is 12.3. The Morgan fingerprint density at radius 1 is 0.950 bits per heavy atom. The second-order valence-electron chi connectivity index (χ2n) is 4.25. The van der Waals surface area contributed by atoms with Crippen molar-refractivity contribution in [3.63, 3.8) is 0 Å². The Hall–Kier alpha value is -1.36. The van der Waals surface area contributed by atoms with E-state index in [-0.39, 0.29) is 21.3 Å². The third-order valence-corrected chi connectivity index (χ3v) is 4.53. The molecule has 0 aliphatic heterocycles. The van der Waals surface area contributed by atoms with Gasteiger partial charge in [-0.2, -0.15) is 0 Å². The summed E-state index contributed by atoms with van der Waals surface area (Å²) in [6.07, 6.45) is 1.05. The number of rotatable bonds is 3. The van der Waals surface area contributed by atoms with Gasteiger partial charge in [0, 0.05) is 22.4 Å². The molecule has 0 bridgehead atoms. The van der Waals surface area contributed by atoms with E-state index in [4.69, 9.17) is 23.2 Å². The van der Waals surface area contributed by atoms with Gasteiger partial charge in [0.25, 0.3) is 0 Å². The fourth-order valence-electron chi connectivity index (χ4n) is 1.70. The monoisotopic (exact) mass is 328 g/mol. The van der Waals surface area contributed by atoms with Crippen LogP contribution in [0.4, 0.5) is 0 Å². The molecule has 0 saturated heterocycles. The largest absolute Gasteiger partial charge is 0.289 e. The molecule has 6 heteroatoms. The van der Waals surface area contributed by atoms with Crippen molar-refractivity contribution in [2.45, 2.75) is 4.90 Å². The van der Waals surface area contributed by atoms with Gasteiger partial charge in [-0.3, -0.25) is 4.79 Å². The van der Waals surface area contributed by atoms with E-state index in [0.29, 0.717) is 10.6 Å². The molecular formula is C14H10Cl2O3S. The zero-order valence-electron chi connectivity index (χ0n) is 10.4. The molecule has 0 amide bonds. The second kappa shape index (κ2) is 5.56. The molecule has 2 aromatic carbocycles. The highest BCUT2D eigenvalue weighted by Crippen LogP contribution is 2.24. The summed E-state index contributed by atoms with van der Waals surface area (Å²) in [4.78, 5) is 12.2. The molecule has 0 spiro atoms. The lowest BCUT2D eigenvalue weighted by Gasteiger charge is -2.06. The predicted octanol–water partition coefficient (Wildman–Crippen LogP) is 3.63. The molecule has 0 unspecified atom stereocenters. The van der Waals surface area contributed by atoms with Gasteiger partial charge >= 0.3 is 0 Å². The van der Waals surface area contributed by atoms with E-state index in [9.17, 15) is 13.2 Å². The van der Waals surface area contributed by atoms with Crippen LogP contribution in [0, 0.1) is 0 Å². The van der Waals surface area contributed by atoms with Crippen LogP contribution in [0.2, 0.25) is 10.0 Å². The average Bonchev–Trinajstić information content (AvgIpc) is 2.38. The number of hydrogen-bond donors (Lipinski definition) is 0. The molecule has 20 heavy (non-hydrogen) atoms. The highest BCUT2D eigenvalue weighted by atomic mass is 35.5. The first-order chi connectivity index (χ1) is 9.29. The van der Waals surface area contributed by atoms with Crippen molar-refractivity contribution in [1.82, 2.24) is 0 Å². The zero-order chi connectivity index (χ0) is 14.9. The van der Waals surface area contributed by atoms with Gasteiger partial charge in [0.2, 0.25) is 0 Å². The van der Waals surface area contributed by atoms with Crippen LogP contribution < -0.4 is 0 Å². The number of hydrogen-bond acceptors (Lipinski definition) is 3. The van der Waals surface area contributed by atoms with E-state index in [0.717, 1.165) is 6.26 Å². The summed E-state index contributed by atoms with van der Waals surface area (Å²) in [6.45, 7) is 0. The molecule has 0 heterocycles. The van der Waals surface area contributed by atoms with E-state index >= 15 is 0 Å². The highest BCUT2D eigenvalue weighted by molar-refractivity contribution is 7.90. The van der Waals surface area contributed by atoms with Crippen molar-refractivity contribution in [2.75, 3.05) is 6.26 Å². The van der Waals surface area contributed by atoms with Gasteiger partial charge in [-0.15, -0.1) is 0 Å². The van der Waals surface area contributed by atoms with Crippen LogP contribution in [-0.4, -0.2) is 20.5 Å². The molecule has 0 N–H and O–H groups in total. The molecule has 0 aliphatic rings. The van der Waals surface area contributed by atoms with Crippen molar-refractivity contribution in [1.29, 1.82) is 0 Å². The standard InChI is InChI=1S/C14H10Cl2O3S/c1-20(18,19)13-8-10(4-7-12(13)16)14(17)9-2-5-11(15)6-3-9/h2-8H,1H3. The average molecular weight is 329 g/mol. The minimum atomic E-state index is -3.48. The van der Waals surface area contributed by atoms with Gasteiger partial charge in [-0.1, -0.05) is 23.2 Å². The number of halogens is 2. The predicted molar refractivity (Wildman–Crippen MR) is 79.4 cm³/mol. The molecule has 3 nitrogen and oxygen atoms in total. The zero-order valence-corrected chi connectivity index (χ0v) is 12.8. The molecule has 0 radical (unpaired) electrons. The Bertz CT molecular complexity index is 766. The lowest BCUT2D eigenvalue weighted by molar-refractivity contribution is 0.103. The SMILES string of the molecule is CS(=O)(=O)c1cc(C(=O)c2ccc(Cl)cc2)ccc1Cl. The Kier molecular flexibility index (Phi) is 4.18. The summed E-state index contributed by atoms with van der Waals surface area (Å²) in [7, 11) is -3.48. The summed E-state index contributed by atoms with van der Waals surface area (Å²) in [5, 5.41) is 0.620. The fourth-order valence-corrected chi connectivity index (χ4v) is 3.12. The molecule has 0 aromatic heterocycles. The Balaban J connectivity index is 2.49. The summed E-state index contributed by atoms with van der Waals surface area (Å²) >= 11 is 11.6. The van der Waals surface area contributed by atoms with Gasteiger partial charge in [0.05, 0.1) is 9.92 Å². The number of carbonyl (C=O) groups excluding carboxylic acids is 1. The Morgan fingerprint density at radius 2 is 1.50 bits per heavy atom. The normalized spacial score (nSPS) is 11.3. The molecule has 2 aromatic rings. The molecule has 0 aliphatic carbocycles. The van der Waals surface area contributed by atoms with E-state index in [1.165, 1.54) is 18.2 Å². The van der Waals surface area contributed by atoms with Gasteiger partial charge in [-0.05, 0) is 42.5 Å². The number of sulfone groups is 1. The second-order valence-corrected chi connectivity index (χ2v) is 7.08. The van der Waals surface area contributed by atoms with Crippen molar-refractivity contribution in [2.24, 2.45) is 0 Å². The molecule has 104 valence electrons. The summed E-state index contributed by atoms with van der Waals surface area (Å²) < 4.78 is 23.2. The van der Waals surface area contributed by atoms with Crippen molar-refractivity contribution in [3.05, 3.63) is 63.6 Å². The quantitative estimate of drug-likeness (QED) is 0.808. The van der Waals surface area contributed by atoms with Crippen LogP contribution in [0.25, 0.3) is 0 Å². The van der Waals surface area contributed by atoms with Crippen LogP contribution >= 0.6 is 23.2 Å². The minimum absolute atomic E-state index is 0.0565. The highest BCUT2D eigenvalue weighted by Gasteiger charge is 2.16. The van der Waals surface area contributed by atoms with Gasteiger partial charge in [0.1, 0.15) is 0 Å². The molecule has 2 rings (SSSR count). The molecule has 0 atom stereocenters. The lowest BCUT2D eigenvalue weighted by atomic mass is 10.0. The van der Waals surface area contributed by atoms with E-state index < -0.39 is 9.84 Å². The van der Waals surface area contributed by atoms with E-state index in [1.807, 2.05) is 0 Å². The third-order valence-electron chi connectivity index (χ3n) is 2.70. The minimum Gasteiger partial charge on any atom is -0.289 e. The number of carbonyl (C=O) groups is 1. The topological polar surface area (TPSA) is 51.2 Å². The van der Waals surface area contributed by atoms with Crippen LogP contribution in [-0.2, 0) is 9.84 Å². The van der Waals surface area contributed by atoms with Crippen molar-refractivity contribution >= 4 is 38.8 Å². The van der Waals surface area contributed by atoms with Gasteiger partial charge in [-0.25, -0.2) is 8.42 Å². The Labute approximate surface area is 127 Å². The third kappa shape index (κ3) is 3.20. The smallest absolute Gasteiger partial charge is 0.193 e. The lowest BCUT2D eigenvalue weighted by Crippen LogP contribution is -2.05. The molecule has 0 fully saturated rings. The van der Waals surface area contributed by atoms with Crippen molar-refractivity contribution in [3.8, 4) is 0 Å². The van der Waals surface area contributed by atoms with Crippen LogP contribution in [0.5, 0.6) is 0 Å². The van der Waals surface area contributed by atoms with Crippen LogP contribution in [0.1, 0.15) is 15.9 Å². The first kappa shape index (κ1) is 15.0. The van der Waals surface area contributed by atoms with E-state index in [1.54, 1.807) is 24.3 Å². The summed E-state index contributed by atoms with van der Waals surface area (Å²) in [5.41, 5.74) is 0.688. The molecular weight excluding hydrogens is 319 g/mol. The number of ketones is 1. The molecule has 0 saturated carbocycles. The van der Waals surface area contributed by atoms with Crippen LogP contribution in [0.3, 0.4) is 0 Å². The first-order valence-electron chi connectivity index (χ1n) is 5.59. The Morgan fingerprint density at radius 3 is 2.05 bits per heavy atom.